The van der Waals surface area contributed by atoms with E-state index >= 15 is 0 Å². The van der Waals surface area contributed by atoms with E-state index < -0.39 is 0 Å². The van der Waals surface area contributed by atoms with Gasteiger partial charge >= 0.3 is 0 Å². The van der Waals surface area contributed by atoms with E-state index in [0.29, 0.717) is 0 Å². The Morgan fingerprint density at radius 3 is 2.76 bits per heavy atom. The van der Waals surface area contributed by atoms with Crippen LogP contribution in [0.4, 0.5) is 0 Å². The zero-order valence-corrected chi connectivity index (χ0v) is 19.2. The first kappa shape index (κ1) is 20.6. The summed E-state index contributed by atoms with van der Waals surface area (Å²) in [5, 5.41) is 10.1. The molecule has 2 N–H and O–H groups in total. The molecule has 0 aliphatic heterocycles. The molecule has 1 aromatic carbocycles. The second-order valence-electron chi connectivity index (χ2n) is 6.25. The summed E-state index contributed by atoms with van der Waals surface area (Å²) < 4.78 is 1.15. The number of hydrogen-bond donors (Lipinski definition) is 2. The van der Waals surface area contributed by atoms with Crippen LogP contribution in [0.3, 0.4) is 0 Å². The molecular weight excluding hydrogens is 511 g/mol. The van der Waals surface area contributed by atoms with Crippen LogP contribution in [-0.4, -0.2) is 31.1 Å². The van der Waals surface area contributed by atoms with Crippen molar-refractivity contribution < 1.29 is 0 Å². The largest absolute Gasteiger partial charge is 0.356 e. The number of nitrogens with zero attached hydrogens (tertiary/aromatic N) is 2. The molecule has 4 nitrogen and oxygen atoms in total. The molecule has 1 fully saturated rings. The number of benzene rings is 1. The van der Waals surface area contributed by atoms with Crippen molar-refractivity contribution in [3.63, 3.8) is 0 Å². The quantitative estimate of drug-likeness (QED) is 0.330. The molecule has 7 heteroatoms. The number of guanidine groups is 1. The van der Waals surface area contributed by atoms with Crippen LogP contribution in [0.2, 0.25) is 0 Å². The van der Waals surface area contributed by atoms with Gasteiger partial charge in [-0.2, -0.15) is 0 Å². The third kappa shape index (κ3) is 5.65. The van der Waals surface area contributed by atoms with Crippen LogP contribution in [0.5, 0.6) is 0 Å². The maximum Gasteiger partial charge on any atom is 0.191 e. The fourth-order valence-corrected chi connectivity index (χ4v) is 3.89. The fourth-order valence-electron chi connectivity index (χ4n) is 2.84. The van der Waals surface area contributed by atoms with E-state index in [2.05, 4.69) is 66.2 Å². The lowest BCUT2D eigenvalue weighted by molar-refractivity contribution is 0.644. The Morgan fingerprint density at radius 1 is 1.36 bits per heavy atom. The highest BCUT2D eigenvalue weighted by Crippen LogP contribution is 2.48. The Balaban J connectivity index is 0.00000225. The predicted molar refractivity (Wildman–Crippen MR) is 120 cm³/mol. The minimum Gasteiger partial charge on any atom is -0.356 e. The van der Waals surface area contributed by atoms with Crippen LogP contribution in [0, 0.1) is 6.92 Å². The molecule has 3 rings (SSSR count). The molecule has 136 valence electrons. The number of rotatable bonds is 6. The molecule has 0 atom stereocenters. The first-order valence-corrected chi connectivity index (χ1v) is 9.90. The standard InChI is InChI=1S/C18H23BrN4S.HI/c1-13-23-16(11-24-13)6-9-21-17(20-2)22-12-18(7-8-18)14-4-3-5-15(19)10-14;/h3-5,10-11H,6-9,12H2,1-2H3,(H2,20,21,22);1H. The summed E-state index contributed by atoms with van der Waals surface area (Å²) >= 11 is 5.27. The third-order valence-corrected chi connectivity index (χ3v) is 5.76. The van der Waals surface area contributed by atoms with Crippen molar-refractivity contribution in [3.8, 4) is 0 Å². The smallest absolute Gasteiger partial charge is 0.191 e. The zero-order chi connectivity index (χ0) is 17.0. The summed E-state index contributed by atoms with van der Waals surface area (Å²) in [6.45, 7) is 3.80. The molecule has 0 unspecified atom stereocenters. The van der Waals surface area contributed by atoms with Crippen LogP contribution in [0.1, 0.15) is 29.1 Å². The van der Waals surface area contributed by atoms with Gasteiger partial charge in [-0.05, 0) is 37.5 Å². The number of aryl methyl sites for hydroxylation is 1. The SMILES string of the molecule is CN=C(NCCc1csc(C)n1)NCC1(c2cccc(Br)c2)CC1.I. The molecule has 0 amide bonds. The summed E-state index contributed by atoms with van der Waals surface area (Å²) in [7, 11) is 1.82. The van der Waals surface area contributed by atoms with Crippen LogP contribution in [0.25, 0.3) is 0 Å². The van der Waals surface area contributed by atoms with Crippen molar-refractivity contribution in [2.75, 3.05) is 20.1 Å². The van der Waals surface area contributed by atoms with E-state index in [9.17, 15) is 0 Å². The van der Waals surface area contributed by atoms with Gasteiger partial charge in [0.2, 0.25) is 0 Å². The first-order chi connectivity index (χ1) is 11.6. The fraction of sp³-hybridized carbons (Fsp3) is 0.444. The van der Waals surface area contributed by atoms with Gasteiger partial charge in [0.05, 0.1) is 10.7 Å². The maximum absolute atomic E-state index is 4.49. The van der Waals surface area contributed by atoms with Crippen LogP contribution in [0.15, 0.2) is 39.1 Å². The molecule has 0 radical (unpaired) electrons. The molecule has 1 aliphatic carbocycles. The summed E-state index contributed by atoms with van der Waals surface area (Å²) in [5.74, 6) is 0.864. The Labute approximate surface area is 179 Å². The van der Waals surface area contributed by atoms with Gasteiger partial charge in [-0.15, -0.1) is 35.3 Å². The first-order valence-electron chi connectivity index (χ1n) is 8.23. The molecule has 1 heterocycles. The van der Waals surface area contributed by atoms with Gasteiger partial charge in [0, 0.05) is 41.8 Å². The lowest BCUT2D eigenvalue weighted by atomic mass is 9.96. The van der Waals surface area contributed by atoms with Gasteiger partial charge in [-0.25, -0.2) is 4.98 Å². The molecule has 25 heavy (non-hydrogen) atoms. The molecule has 2 aromatic rings. The van der Waals surface area contributed by atoms with E-state index in [0.717, 1.165) is 40.6 Å². The maximum atomic E-state index is 4.49. The number of nitrogens with one attached hydrogen (secondary N) is 2. The summed E-state index contributed by atoms with van der Waals surface area (Å²) in [6, 6.07) is 8.64. The van der Waals surface area contributed by atoms with Gasteiger partial charge < -0.3 is 10.6 Å². The van der Waals surface area contributed by atoms with Crippen molar-refractivity contribution >= 4 is 57.2 Å². The van der Waals surface area contributed by atoms with Crippen molar-refractivity contribution in [1.82, 2.24) is 15.6 Å². The number of aromatic nitrogens is 1. The molecule has 1 saturated carbocycles. The van der Waals surface area contributed by atoms with E-state index in [1.54, 1.807) is 11.3 Å². The summed E-state index contributed by atoms with van der Waals surface area (Å²) in [5.41, 5.74) is 2.80. The highest BCUT2D eigenvalue weighted by molar-refractivity contribution is 14.0. The Morgan fingerprint density at radius 2 is 2.16 bits per heavy atom. The Hall–Kier alpha value is -0.670. The normalized spacial score (nSPS) is 15.4. The van der Waals surface area contributed by atoms with Gasteiger partial charge in [-0.1, -0.05) is 28.1 Å². The Bertz CT molecular complexity index is 727. The van der Waals surface area contributed by atoms with Crippen molar-refractivity contribution in [3.05, 3.63) is 50.4 Å². The van der Waals surface area contributed by atoms with Crippen molar-refractivity contribution in [2.24, 2.45) is 4.99 Å². The van der Waals surface area contributed by atoms with E-state index in [1.807, 2.05) is 14.0 Å². The van der Waals surface area contributed by atoms with Crippen LogP contribution < -0.4 is 10.6 Å². The van der Waals surface area contributed by atoms with E-state index in [-0.39, 0.29) is 29.4 Å². The van der Waals surface area contributed by atoms with Crippen molar-refractivity contribution in [2.45, 2.75) is 31.6 Å². The van der Waals surface area contributed by atoms with Crippen LogP contribution >= 0.6 is 51.2 Å². The molecule has 1 aromatic heterocycles. The summed E-state index contributed by atoms with van der Waals surface area (Å²) in [4.78, 5) is 8.82. The molecule has 1 aliphatic rings. The van der Waals surface area contributed by atoms with Gasteiger partial charge in [0.15, 0.2) is 5.96 Å². The number of hydrogen-bond acceptors (Lipinski definition) is 3. The average molecular weight is 535 g/mol. The minimum absolute atomic E-state index is 0. The predicted octanol–water partition coefficient (Wildman–Crippen LogP) is 4.27. The number of aliphatic imine (C=N–C) groups is 1. The van der Waals surface area contributed by atoms with Gasteiger partial charge in [0.25, 0.3) is 0 Å². The molecular formula is C18H24BrIN4S. The summed E-state index contributed by atoms with van der Waals surface area (Å²) in [6.07, 6.45) is 3.37. The molecule has 0 spiro atoms. The second-order valence-corrected chi connectivity index (χ2v) is 8.23. The molecule has 0 saturated heterocycles. The van der Waals surface area contributed by atoms with Crippen molar-refractivity contribution in [1.29, 1.82) is 0 Å². The second kappa shape index (κ2) is 9.32. The lowest BCUT2D eigenvalue weighted by Crippen LogP contribution is -2.42. The van der Waals surface area contributed by atoms with Crippen LogP contribution in [-0.2, 0) is 11.8 Å². The topological polar surface area (TPSA) is 49.3 Å². The zero-order valence-electron chi connectivity index (χ0n) is 14.5. The monoisotopic (exact) mass is 534 g/mol. The highest BCUT2D eigenvalue weighted by atomic mass is 127. The van der Waals surface area contributed by atoms with Gasteiger partial charge in [0.1, 0.15) is 0 Å². The number of thiazole rings is 1. The number of halogens is 2. The third-order valence-electron chi connectivity index (χ3n) is 4.45. The highest BCUT2D eigenvalue weighted by Gasteiger charge is 2.44. The van der Waals surface area contributed by atoms with E-state index in [1.165, 1.54) is 18.4 Å². The van der Waals surface area contributed by atoms with Gasteiger partial charge in [-0.3, -0.25) is 4.99 Å². The lowest BCUT2D eigenvalue weighted by Gasteiger charge is -2.19. The molecule has 0 bridgehead atoms. The minimum atomic E-state index is 0. The Kier molecular flexibility index (Phi) is 7.69. The van der Waals surface area contributed by atoms with E-state index in [4.69, 9.17) is 0 Å². The average Bonchev–Trinajstić information content (AvgIpc) is 3.26.